The molecule has 15 heavy (non-hydrogen) atoms. The molecule has 0 atom stereocenters. The van der Waals surface area contributed by atoms with E-state index in [9.17, 15) is 4.79 Å². The average Bonchev–Trinajstić information content (AvgIpc) is 2.18. The van der Waals surface area contributed by atoms with Crippen LogP contribution >= 0.6 is 0 Å². The molecule has 1 aromatic heterocycles. The molecule has 0 aliphatic rings. The van der Waals surface area contributed by atoms with Gasteiger partial charge in [-0.25, -0.2) is 4.98 Å². The Kier molecular flexibility index (Phi) is 3.84. The smallest absolute Gasteiger partial charge is 0.325 e. The summed E-state index contributed by atoms with van der Waals surface area (Å²) in [5.74, 6) is 0.565. The van der Waals surface area contributed by atoms with E-state index in [-0.39, 0.29) is 12.5 Å². The van der Waals surface area contributed by atoms with Gasteiger partial charge in [-0.05, 0) is 6.92 Å². The normalized spacial score (nSPS) is 9.73. The standard InChI is InChI=1S/C9H14N4O2/c1-3-15-9(14)6-13(2)8-5-11-4-7(10)12-8/h4-5H,3,6H2,1-2H3,(H2,10,12). The summed E-state index contributed by atoms with van der Waals surface area (Å²) in [5, 5.41) is 0. The molecule has 0 unspecified atom stereocenters. The molecule has 0 radical (unpaired) electrons. The van der Waals surface area contributed by atoms with Crippen LogP contribution in [0.15, 0.2) is 12.4 Å². The Bertz CT molecular complexity index is 343. The summed E-state index contributed by atoms with van der Waals surface area (Å²) >= 11 is 0. The Balaban J connectivity index is 2.60. The van der Waals surface area contributed by atoms with Gasteiger partial charge in [-0.15, -0.1) is 0 Å². The first kappa shape index (κ1) is 11.2. The fourth-order valence-electron chi connectivity index (χ4n) is 1.04. The van der Waals surface area contributed by atoms with E-state index in [1.807, 2.05) is 0 Å². The lowest BCUT2D eigenvalue weighted by Gasteiger charge is -2.16. The molecular weight excluding hydrogens is 196 g/mol. The van der Waals surface area contributed by atoms with Crippen LogP contribution < -0.4 is 10.6 Å². The third kappa shape index (κ3) is 3.41. The van der Waals surface area contributed by atoms with Crippen molar-refractivity contribution in [3.8, 4) is 0 Å². The molecule has 0 aliphatic carbocycles. The minimum Gasteiger partial charge on any atom is -0.465 e. The molecule has 0 aromatic carbocycles. The van der Waals surface area contributed by atoms with Crippen molar-refractivity contribution < 1.29 is 9.53 Å². The van der Waals surface area contributed by atoms with Gasteiger partial charge in [-0.1, -0.05) is 0 Å². The zero-order valence-electron chi connectivity index (χ0n) is 8.80. The van der Waals surface area contributed by atoms with Gasteiger partial charge in [0.05, 0.1) is 19.0 Å². The van der Waals surface area contributed by atoms with Crippen molar-refractivity contribution in [1.82, 2.24) is 9.97 Å². The number of rotatable bonds is 4. The van der Waals surface area contributed by atoms with E-state index >= 15 is 0 Å². The van der Waals surface area contributed by atoms with E-state index in [2.05, 4.69) is 9.97 Å². The van der Waals surface area contributed by atoms with Crippen LogP contribution in [0.3, 0.4) is 0 Å². The van der Waals surface area contributed by atoms with Gasteiger partial charge in [0.2, 0.25) is 0 Å². The third-order valence-electron chi connectivity index (χ3n) is 1.70. The van der Waals surface area contributed by atoms with Crippen LogP contribution in [-0.2, 0) is 9.53 Å². The zero-order valence-corrected chi connectivity index (χ0v) is 8.80. The van der Waals surface area contributed by atoms with Crippen molar-refractivity contribution >= 4 is 17.6 Å². The summed E-state index contributed by atoms with van der Waals surface area (Å²) in [6, 6.07) is 0. The second-order valence-corrected chi connectivity index (χ2v) is 2.96. The SMILES string of the molecule is CCOC(=O)CN(C)c1cncc(N)n1. The quantitative estimate of drug-likeness (QED) is 0.707. The van der Waals surface area contributed by atoms with Gasteiger partial charge in [0.25, 0.3) is 0 Å². The van der Waals surface area contributed by atoms with E-state index in [0.717, 1.165) is 0 Å². The fourth-order valence-corrected chi connectivity index (χ4v) is 1.04. The second-order valence-electron chi connectivity index (χ2n) is 2.96. The molecule has 0 saturated heterocycles. The lowest BCUT2D eigenvalue weighted by molar-refractivity contribution is -0.141. The summed E-state index contributed by atoms with van der Waals surface area (Å²) in [4.78, 5) is 20.7. The van der Waals surface area contributed by atoms with Crippen molar-refractivity contribution in [2.75, 3.05) is 30.8 Å². The van der Waals surface area contributed by atoms with Gasteiger partial charge in [-0.2, -0.15) is 0 Å². The molecule has 0 saturated carbocycles. The number of esters is 1. The molecule has 0 amide bonds. The largest absolute Gasteiger partial charge is 0.465 e. The molecule has 6 nitrogen and oxygen atoms in total. The number of anilines is 2. The second kappa shape index (κ2) is 5.14. The monoisotopic (exact) mass is 210 g/mol. The minimum atomic E-state index is -0.302. The molecule has 1 heterocycles. The van der Waals surface area contributed by atoms with Crippen molar-refractivity contribution in [3.05, 3.63) is 12.4 Å². The Morgan fingerprint density at radius 3 is 2.93 bits per heavy atom. The van der Waals surface area contributed by atoms with Crippen molar-refractivity contribution in [2.45, 2.75) is 6.92 Å². The maximum atomic E-state index is 11.2. The number of nitrogens with two attached hydrogens (primary N) is 1. The van der Waals surface area contributed by atoms with E-state index in [0.29, 0.717) is 18.2 Å². The maximum absolute atomic E-state index is 11.2. The average molecular weight is 210 g/mol. The first-order valence-electron chi connectivity index (χ1n) is 4.57. The van der Waals surface area contributed by atoms with Crippen LogP contribution in [0.1, 0.15) is 6.92 Å². The van der Waals surface area contributed by atoms with E-state index in [1.54, 1.807) is 18.9 Å². The number of nitrogen functional groups attached to an aromatic ring is 1. The molecule has 6 heteroatoms. The zero-order chi connectivity index (χ0) is 11.3. The summed E-state index contributed by atoms with van der Waals surface area (Å²) < 4.78 is 4.80. The molecule has 0 spiro atoms. The highest BCUT2D eigenvalue weighted by molar-refractivity contribution is 5.75. The fraction of sp³-hybridized carbons (Fsp3) is 0.444. The van der Waals surface area contributed by atoms with Crippen LogP contribution in [0.4, 0.5) is 11.6 Å². The number of nitrogens with zero attached hydrogens (tertiary/aromatic N) is 3. The van der Waals surface area contributed by atoms with Gasteiger partial charge in [0, 0.05) is 7.05 Å². The number of likely N-dealkylation sites (N-methyl/N-ethyl adjacent to an activating group) is 1. The highest BCUT2D eigenvalue weighted by atomic mass is 16.5. The molecule has 82 valence electrons. The molecule has 0 aliphatic heterocycles. The van der Waals surface area contributed by atoms with E-state index < -0.39 is 0 Å². The first-order valence-corrected chi connectivity index (χ1v) is 4.57. The molecule has 1 rings (SSSR count). The van der Waals surface area contributed by atoms with E-state index in [1.165, 1.54) is 12.4 Å². The molecule has 1 aromatic rings. The van der Waals surface area contributed by atoms with Crippen LogP contribution in [-0.4, -0.2) is 36.1 Å². The van der Waals surface area contributed by atoms with E-state index in [4.69, 9.17) is 10.5 Å². The van der Waals surface area contributed by atoms with Crippen molar-refractivity contribution in [1.29, 1.82) is 0 Å². The van der Waals surface area contributed by atoms with Crippen LogP contribution in [0, 0.1) is 0 Å². The Labute approximate surface area is 88.1 Å². The molecular formula is C9H14N4O2. The number of carbonyl (C=O) groups excluding carboxylic acids is 1. The maximum Gasteiger partial charge on any atom is 0.325 e. The Hall–Kier alpha value is -1.85. The number of hydrogen-bond acceptors (Lipinski definition) is 6. The van der Waals surface area contributed by atoms with Gasteiger partial charge in [0.15, 0.2) is 0 Å². The van der Waals surface area contributed by atoms with Gasteiger partial charge in [-0.3, -0.25) is 9.78 Å². The highest BCUT2D eigenvalue weighted by Gasteiger charge is 2.09. The Morgan fingerprint density at radius 2 is 2.33 bits per heavy atom. The first-order chi connectivity index (χ1) is 7.13. The van der Waals surface area contributed by atoms with Gasteiger partial charge in [0.1, 0.15) is 18.2 Å². The number of carbonyl (C=O) groups is 1. The van der Waals surface area contributed by atoms with Gasteiger partial charge < -0.3 is 15.4 Å². The number of hydrogen-bond donors (Lipinski definition) is 1. The molecule has 2 N–H and O–H groups in total. The van der Waals surface area contributed by atoms with Crippen molar-refractivity contribution in [3.63, 3.8) is 0 Å². The molecule has 0 bridgehead atoms. The number of ether oxygens (including phenoxy) is 1. The van der Waals surface area contributed by atoms with Crippen LogP contribution in [0.25, 0.3) is 0 Å². The lowest BCUT2D eigenvalue weighted by Crippen LogP contribution is -2.28. The van der Waals surface area contributed by atoms with Crippen LogP contribution in [0.2, 0.25) is 0 Å². The summed E-state index contributed by atoms with van der Waals surface area (Å²) in [7, 11) is 1.72. The number of aromatic nitrogens is 2. The topological polar surface area (TPSA) is 81.3 Å². The van der Waals surface area contributed by atoms with Gasteiger partial charge >= 0.3 is 5.97 Å². The minimum absolute atomic E-state index is 0.131. The highest BCUT2D eigenvalue weighted by Crippen LogP contribution is 2.07. The summed E-state index contributed by atoms with van der Waals surface area (Å²) in [5.41, 5.74) is 5.47. The van der Waals surface area contributed by atoms with Crippen molar-refractivity contribution in [2.24, 2.45) is 0 Å². The lowest BCUT2D eigenvalue weighted by atomic mass is 10.5. The third-order valence-corrected chi connectivity index (χ3v) is 1.70. The summed E-state index contributed by atoms with van der Waals surface area (Å²) in [6.45, 7) is 2.26. The van der Waals surface area contributed by atoms with Crippen LogP contribution in [0.5, 0.6) is 0 Å². The Morgan fingerprint density at radius 1 is 1.60 bits per heavy atom. The molecule has 0 fully saturated rings. The predicted molar refractivity (Wildman–Crippen MR) is 56.3 cm³/mol. The predicted octanol–water partition coefficient (Wildman–Crippen LogP) is 0.0581. The summed E-state index contributed by atoms with van der Waals surface area (Å²) in [6.07, 6.45) is 2.98.